The van der Waals surface area contributed by atoms with Gasteiger partial charge < -0.3 is 14.2 Å². The van der Waals surface area contributed by atoms with E-state index in [1.807, 2.05) is 6.92 Å². The van der Waals surface area contributed by atoms with Gasteiger partial charge in [-0.3, -0.25) is 19.8 Å². The van der Waals surface area contributed by atoms with Gasteiger partial charge in [-0.15, -0.1) is 0 Å². The second-order valence-corrected chi connectivity index (χ2v) is 9.02. The molecule has 1 heterocycles. The van der Waals surface area contributed by atoms with Crippen LogP contribution < -0.4 is 19.5 Å². The zero-order valence-electron chi connectivity index (χ0n) is 21.3. The van der Waals surface area contributed by atoms with E-state index < -0.39 is 23.7 Å². The number of methoxy groups -OCH3 is 1. The van der Waals surface area contributed by atoms with Crippen molar-refractivity contribution in [3.63, 3.8) is 0 Å². The van der Waals surface area contributed by atoms with Crippen LogP contribution in [0.3, 0.4) is 0 Å². The lowest BCUT2D eigenvalue weighted by Gasteiger charge is -2.26. The molecule has 4 rings (SSSR count). The van der Waals surface area contributed by atoms with Crippen molar-refractivity contribution in [3.05, 3.63) is 93.8 Å². The highest BCUT2D eigenvalue weighted by molar-refractivity contribution is 6.33. The maximum atomic E-state index is 13.9. The van der Waals surface area contributed by atoms with Crippen LogP contribution in [0.1, 0.15) is 30.0 Å². The molecule has 1 aliphatic heterocycles. The maximum absolute atomic E-state index is 13.9. The molecule has 202 valence electrons. The van der Waals surface area contributed by atoms with Gasteiger partial charge in [0.05, 0.1) is 25.3 Å². The van der Waals surface area contributed by atoms with Crippen molar-refractivity contribution < 1.29 is 33.0 Å². The third-order valence-electron chi connectivity index (χ3n) is 5.82. The summed E-state index contributed by atoms with van der Waals surface area (Å²) in [7, 11) is 1.50. The Bertz CT molecular complexity index is 1440. The van der Waals surface area contributed by atoms with E-state index in [1.54, 1.807) is 48.5 Å². The van der Waals surface area contributed by atoms with E-state index in [0.717, 1.165) is 11.3 Å². The van der Waals surface area contributed by atoms with Crippen LogP contribution in [-0.4, -0.2) is 36.5 Å². The zero-order chi connectivity index (χ0) is 27.9. The van der Waals surface area contributed by atoms with E-state index in [9.17, 15) is 18.8 Å². The number of imide groups is 2. The van der Waals surface area contributed by atoms with Crippen LogP contribution in [-0.2, 0) is 22.7 Å². The third-order valence-corrected chi connectivity index (χ3v) is 6.12. The molecule has 0 bridgehead atoms. The first-order valence-electron chi connectivity index (χ1n) is 12.1. The van der Waals surface area contributed by atoms with Crippen LogP contribution in [0.25, 0.3) is 6.08 Å². The smallest absolute Gasteiger partial charge is 0.331 e. The summed E-state index contributed by atoms with van der Waals surface area (Å²) in [6.07, 6.45) is 2.16. The molecule has 0 radical (unpaired) electrons. The fourth-order valence-corrected chi connectivity index (χ4v) is 4.07. The molecular weight excluding hydrogens is 527 g/mol. The topological polar surface area (TPSA) is 94.2 Å². The Morgan fingerprint density at radius 3 is 2.46 bits per heavy atom. The van der Waals surface area contributed by atoms with Crippen molar-refractivity contribution in [1.29, 1.82) is 0 Å². The molecule has 1 N–H and O–H groups in total. The summed E-state index contributed by atoms with van der Waals surface area (Å²) < 4.78 is 30.5. The molecule has 10 heteroatoms. The molecule has 3 aromatic carbocycles. The fraction of sp³-hybridized carbons (Fsp3) is 0.207. The second kappa shape index (κ2) is 12.4. The van der Waals surface area contributed by atoms with Gasteiger partial charge in [0, 0.05) is 5.56 Å². The SMILES string of the molecule is CCCOc1ccc(CN2C(=O)NC(=O)/C(=C\c3ccc(OCc4ccccc4F)c(Cl)c3)C2=O)cc1OC. The highest BCUT2D eigenvalue weighted by atomic mass is 35.5. The number of halogens is 2. The molecule has 0 aromatic heterocycles. The minimum atomic E-state index is -0.831. The molecule has 0 unspecified atom stereocenters. The van der Waals surface area contributed by atoms with Gasteiger partial charge in [-0.1, -0.05) is 48.9 Å². The van der Waals surface area contributed by atoms with Gasteiger partial charge in [0.25, 0.3) is 11.8 Å². The molecule has 0 saturated carbocycles. The number of ether oxygens (including phenoxy) is 3. The lowest BCUT2D eigenvalue weighted by atomic mass is 10.1. The summed E-state index contributed by atoms with van der Waals surface area (Å²) in [5, 5.41) is 2.40. The Labute approximate surface area is 229 Å². The Morgan fingerprint density at radius 1 is 0.974 bits per heavy atom. The minimum absolute atomic E-state index is 0.0265. The molecule has 1 fully saturated rings. The van der Waals surface area contributed by atoms with Crippen LogP contribution in [0.5, 0.6) is 17.2 Å². The highest BCUT2D eigenvalue weighted by Crippen LogP contribution is 2.30. The van der Waals surface area contributed by atoms with Gasteiger partial charge >= 0.3 is 6.03 Å². The molecule has 39 heavy (non-hydrogen) atoms. The van der Waals surface area contributed by atoms with Crippen molar-refractivity contribution in [2.24, 2.45) is 0 Å². The first-order valence-corrected chi connectivity index (χ1v) is 12.5. The number of nitrogens with one attached hydrogen (secondary N) is 1. The summed E-state index contributed by atoms with van der Waals surface area (Å²) in [5.41, 5.74) is 1.17. The van der Waals surface area contributed by atoms with Crippen molar-refractivity contribution in [2.75, 3.05) is 13.7 Å². The summed E-state index contributed by atoms with van der Waals surface area (Å²) in [6.45, 7) is 2.38. The van der Waals surface area contributed by atoms with Gasteiger partial charge in [0.15, 0.2) is 11.5 Å². The van der Waals surface area contributed by atoms with Gasteiger partial charge in [0.1, 0.15) is 23.7 Å². The molecule has 4 amide bonds. The van der Waals surface area contributed by atoms with Crippen molar-refractivity contribution in [1.82, 2.24) is 10.2 Å². The molecular formula is C29H26ClFN2O6. The number of nitrogens with zero attached hydrogens (tertiary/aromatic N) is 1. The van der Waals surface area contributed by atoms with E-state index in [0.29, 0.717) is 40.5 Å². The number of carbonyl (C=O) groups excluding carboxylic acids is 3. The fourth-order valence-electron chi connectivity index (χ4n) is 3.82. The zero-order valence-corrected chi connectivity index (χ0v) is 22.1. The Morgan fingerprint density at radius 2 is 1.74 bits per heavy atom. The van der Waals surface area contributed by atoms with Gasteiger partial charge in [-0.25, -0.2) is 9.18 Å². The normalized spacial score (nSPS) is 14.4. The molecule has 1 saturated heterocycles. The Balaban J connectivity index is 1.51. The van der Waals surface area contributed by atoms with Crippen LogP contribution in [0, 0.1) is 5.82 Å². The largest absolute Gasteiger partial charge is 0.493 e. The molecule has 0 aliphatic carbocycles. The van der Waals surface area contributed by atoms with E-state index >= 15 is 0 Å². The summed E-state index contributed by atoms with van der Waals surface area (Å²) in [6, 6.07) is 15.1. The average molecular weight is 553 g/mol. The molecule has 8 nitrogen and oxygen atoms in total. The van der Waals surface area contributed by atoms with E-state index in [-0.39, 0.29) is 23.7 Å². The third kappa shape index (κ3) is 6.56. The number of hydrogen-bond acceptors (Lipinski definition) is 6. The number of barbiturate groups is 1. The molecule has 3 aromatic rings. The second-order valence-electron chi connectivity index (χ2n) is 8.61. The first-order chi connectivity index (χ1) is 18.8. The van der Waals surface area contributed by atoms with Crippen LogP contribution in [0.2, 0.25) is 5.02 Å². The van der Waals surface area contributed by atoms with E-state index in [4.69, 9.17) is 25.8 Å². The lowest BCUT2D eigenvalue weighted by Crippen LogP contribution is -2.53. The van der Waals surface area contributed by atoms with Crippen molar-refractivity contribution in [3.8, 4) is 17.2 Å². The Kier molecular flexibility index (Phi) is 8.83. The average Bonchev–Trinajstić information content (AvgIpc) is 2.92. The van der Waals surface area contributed by atoms with Crippen molar-refractivity contribution >= 4 is 35.5 Å². The van der Waals surface area contributed by atoms with Gasteiger partial charge in [-0.05, 0) is 54.0 Å². The lowest BCUT2D eigenvalue weighted by molar-refractivity contribution is -0.130. The molecule has 0 atom stereocenters. The summed E-state index contributed by atoms with van der Waals surface area (Å²) >= 11 is 6.34. The number of hydrogen-bond donors (Lipinski definition) is 1. The predicted octanol–water partition coefficient (Wildman–Crippen LogP) is 5.52. The standard InChI is InChI=1S/C29H26ClFN2O6/c1-3-12-38-25-11-9-19(15-26(25)37-2)16-33-28(35)21(27(34)32-29(33)36)13-18-8-10-24(22(30)14-18)39-17-20-6-4-5-7-23(20)31/h4-11,13-15H,3,12,16-17H2,1-2H3,(H,32,34,36)/b21-13+. The number of amides is 4. The van der Waals surface area contributed by atoms with Gasteiger partial charge in [0.2, 0.25) is 0 Å². The number of carbonyl (C=O) groups is 3. The van der Waals surface area contributed by atoms with Crippen LogP contribution in [0.4, 0.5) is 9.18 Å². The highest BCUT2D eigenvalue weighted by Gasteiger charge is 2.35. The summed E-state index contributed by atoms with van der Waals surface area (Å²) in [5.74, 6) is -0.659. The first kappa shape index (κ1) is 27.7. The molecule has 0 spiro atoms. The summed E-state index contributed by atoms with van der Waals surface area (Å²) in [4.78, 5) is 39.2. The molecule has 1 aliphatic rings. The van der Waals surface area contributed by atoms with Crippen LogP contribution in [0.15, 0.2) is 66.2 Å². The number of rotatable bonds is 10. The number of benzene rings is 3. The van der Waals surface area contributed by atoms with Crippen LogP contribution >= 0.6 is 11.6 Å². The van der Waals surface area contributed by atoms with Gasteiger partial charge in [-0.2, -0.15) is 0 Å². The minimum Gasteiger partial charge on any atom is -0.493 e. The Hall–Kier alpha value is -4.37. The van der Waals surface area contributed by atoms with E-state index in [1.165, 1.54) is 25.3 Å². The number of urea groups is 1. The predicted molar refractivity (Wildman–Crippen MR) is 143 cm³/mol. The van der Waals surface area contributed by atoms with E-state index in [2.05, 4.69) is 5.32 Å². The van der Waals surface area contributed by atoms with Crippen molar-refractivity contribution in [2.45, 2.75) is 26.5 Å². The monoisotopic (exact) mass is 552 g/mol. The quantitative estimate of drug-likeness (QED) is 0.263. The maximum Gasteiger partial charge on any atom is 0.331 e.